The Kier molecular flexibility index (Phi) is 4.24. The summed E-state index contributed by atoms with van der Waals surface area (Å²) in [5.74, 6) is 0.747. The smallest absolute Gasteiger partial charge is 0.238 e. The molecule has 0 amide bonds. The monoisotopic (exact) mass is 268 g/mol. The molecule has 0 aromatic heterocycles. The maximum atomic E-state index is 11.1. The maximum Gasteiger partial charge on any atom is 0.238 e. The lowest BCUT2D eigenvalue weighted by Gasteiger charge is -2.22. The number of rotatable bonds is 4. The third kappa shape index (κ3) is 3.71. The Morgan fingerprint density at radius 2 is 1.72 bits per heavy atom. The van der Waals surface area contributed by atoms with E-state index in [1.54, 1.807) is 24.3 Å². The molecule has 1 aromatic rings. The number of nitrogens with one attached hydrogen (secondary N) is 1. The second-order valence-electron chi connectivity index (χ2n) is 4.95. The maximum absolute atomic E-state index is 11.1. The molecule has 0 heterocycles. The minimum absolute atomic E-state index is 0.158. The predicted molar refractivity (Wildman–Crippen MR) is 72.9 cm³/mol. The summed E-state index contributed by atoms with van der Waals surface area (Å²) in [5, 5.41) is 8.41. The molecule has 1 aliphatic carbocycles. The lowest BCUT2D eigenvalue weighted by Crippen LogP contribution is -2.17. The van der Waals surface area contributed by atoms with Crippen molar-refractivity contribution in [2.75, 3.05) is 11.9 Å². The molecule has 1 aromatic carbocycles. The van der Waals surface area contributed by atoms with Gasteiger partial charge in [0.1, 0.15) is 0 Å². The summed E-state index contributed by atoms with van der Waals surface area (Å²) in [6.07, 6.45) is 6.61. The zero-order chi connectivity index (χ0) is 13.0. The summed E-state index contributed by atoms with van der Waals surface area (Å²) in [6.45, 7) is 0.967. The molecule has 100 valence electrons. The Morgan fingerprint density at radius 1 is 1.11 bits per heavy atom. The fraction of sp³-hybridized carbons (Fsp3) is 0.538. The van der Waals surface area contributed by atoms with Crippen LogP contribution in [0.2, 0.25) is 0 Å². The SMILES string of the molecule is NS(=O)(=O)c1ccc(NCC2CCCCC2)cc1. The van der Waals surface area contributed by atoms with Crippen molar-refractivity contribution in [2.45, 2.75) is 37.0 Å². The van der Waals surface area contributed by atoms with Crippen LogP contribution in [0.25, 0.3) is 0 Å². The van der Waals surface area contributed by atoms with Crippen LogP contribution in [-0.2, 0) is 10.0 Å². The number of sulfonamides is 1. The molecule has 0 radical (unpaired) electrons. The first-order chi connectivity index (χ1) is 8.55. The summed E-state index contributed by atoms with van der Waals surface area (Å²) in [7, 11) is -3.58. The number of primary sulfonamides is 1. The van der Waals surface area contributed by atoms with E-state index in [0.29, 0.717) is 0 Å². The van der Waals surface area contributed by atoms with Gasteiger partial charge in [-0.2, -0.15) is 0 Å². The number of benzene rings is 1. The van der Waals surface area contributed by atoms with E-state index in [0.717, 1.165) is 18.2 Å². The van der Waals surface area contributed by atoms with Gasteiger partial charge in [0.15, 0.2) is 0 Å². The molecule has 18 heavy (non-hydrogen) atoms. The molecule has 0 saturated heterocycles. The fourth-order valence-electron chi connectivity index (χ4n) is 2.42. The van der Waals surface area contributed by atoms with Crippen molar-refractivity contribution in [1.82, 2.24) is 0 Å². The Bertz CT molecular complexity index is 476. The van der Waals surface area contributed by atoms with Crippen LogP contribution in [0.5, 0.6) is 0 Å². The molecule has 1 fully saturated rings. The van der Waals surface area contributed by atoms with Gasteiger partial charge < -0.3 is 5.32 Å². The summed E-state index contributed by atoms with van der Waals surface area (Å²) >= 11 is 0. The van der Waals surface area contributed by atoms with Gasteiger partial charge in [0.25, 0.3) is 0 Å². The number of nitrogens with two attached hydrogens (primary N) is 1. The summed E-state index contributed by atoms with van der Waals surface area (Å²) in [4.78, 5) is 0.158. The molecule has 0 atom stereocenters. The lowest BCUT2D eigenvalue weighted by atomic mass is 9.89. The van der Waals surface area contributed by atoms with E-state index in [-0.39, 0.29) is 4.90 Å². The first-order valence-electron chi connectivity index (χ1n) is 6.42. The van der Waals surface area contributed by atoms with Gasteiger partial charge in [0.05, 0.1) is 4.90 Å². The van der Waals surface area contributed by atoms with Crippen LogP contribution in [0.15, 0.2) is 29.2 Å². The van der Waals surface area contributed by atoms with Gasteiger partial charge in [0, 0.05) is 12.2 Å². The minimum Gasteiger partial charge on any atom is -0.385 e. The predicted octanol–water partition coefficient (Wildman–Crippen LogP) is 2.33. The average Bonchev–Trinajstić information content (AvgIpc) is 2.37. The van der Waals surface area contributed by atoms with Crippen LogP contribution < -0.4 is 10.5 Å². The van der Waals surface area contributed by atoms with Crippen LogP contribution in [0.1, 0.15) is 32.1 Å². The van der Waals surface area contributed by atoms with Crippen LogP contribution in [0.3, 0.4) is 0 Å². The molecule has 4 nitrogen and oxygen atoms in total. The van der Waals surface area contributed by atoms with E-state index >= 15 is 0 Å². The topological polar surface area (TPSA) is 72.2 Å². The van der Waals surface area contributed by atoms with Crippen molar-refractivity contribution in [1.29, 1.82) is 0 Å². The zero-order valence-corrected chi connectivity index (χ0v) is 11.2. The highest BCUT2D eigenvalue weighted by atomic mass is 32.2. The number of anilines is 1. The van der Waals surface area contributed by atoms with E-state index in [1.807, 2.05) is 0 Å². The van der Waals surface area contributed by atoms with E-state index in [1.165, 1.54) is 32.1 Å². The Morgan fingerprint density at radius 3 is 2.28 bits per heavy atom. The molecule has 1 saturated carbocycles. The first-order valence-corrected chi connectivity index (χ1v) is 7.97. The second kappa shape index (κ2) is 5.71. The highest BCUT2D eigenvalue weighted by Crippen LogP contribution is 2.24. The van der Waals surface area contributed by atoms with Gasteiger partial charge in [-0.1, -0.05) is 19.3 Å². The minimum atomic E-state index is -3.58. The molecule has 0 unspecified atom stereocenters. The zero-order valence-electron chi connectivity index (χ0n) is 10.4. The van der Waals surface area contributed by atoms with Crippen molar-refractivity contribution >= 4 is 15.7 Å². The lowest BCUT2D eigenvalue weighted by molar-refractivity contribution is 0.373. The Labute approximate surface area is 109 Å². The van der Waals surface area contributed by atoms with Crippen molar-refractivity contribution in [3.05, 3.63) is 24.3 Å². The third-order valence-electron chi connectivity index (χ3n) is 3.50. The van der Waals surface area contributed by atoms with E-state index < -0.39 is 10.0 Å². The molecule has 0 spiro atoms. The van der Waals surface area contributed by atoms with Crippen LogP contribution in [0, 0.1) is 5.92 Å². The molecule has 1 aliphatic rings. The van der Waals surface area contributed by atoms with Crippen LogP contribution in [0.4, 0.5) is 5.69 Å². The normalized spacial score (nSPS) is 17.6. The van der Waals surface area contributed by atoms with Gasteiger partial charge in [-0.25, -0.2) is 13.6 Å². The Hall–Kier alpha value is -1.07. The first kappa shape index (κ1) is 13.4. The molecule has 5 heteroatoms. The van der Waals surface area contributed by atoms with Crippen molar-refractivity contribution in [3.8, 4) is 0 Å². The Balaban J connectivity index is 1.90. The van der Waals surface area contributed by atoms with Gasteiger partial charge >= 0.3 is 0 Å². The molecule has 0 bridgehead atoms. The highest BCUT2D eigenvalue weighted by Gasteiger charge is 2.13. The van der Waals surface area contributed by atoms with E-state index in [2.05, 4.69) is 5.32 Å². The van der Waals surface area contributed by atoms with Crippen molar-refractivity contribution < 1.29 is 8.42 Å². The summed E-state index contributed by atoms with van der Waals surface area (Å²) in [6, 6.07) is 6.61. The molecular weight excluding hydrogens is 248 g/mol. The fourth-order valence-corrected chi connectivity index (χ4v) is 2.93. The van der Waals surface area contributed by atoms with Crippen LogP contribution in [-0.4, -0.2) is 15.0 Å². The number of hydrogen-bond acceptors (Lipinski definition) is 3. The molecule has 3 N–H and O–H groups in total. The van der Waals surface area contributed by atoms with Gasteiger partial charge in [-0.3, -0.25) is 0 Å². The number of hydrogen-bond donors (Lipinski definition) is 2. The second-order valence-corrected chi connectivity index (χ2v) is 6.52. The highest BCUT2D eigenvalue weighted by molar-refractivity contribution is 7.89. The molecular formula is C13H20N2O2S. The summed E-state index contributed by atoms with van der Waals surface area (Å²) in [5.41, 5.74) is 0.952. The largest absolute Gasteiger partial charge is 0.385 e. The third-order valence-corrected chi connectivity index (χ3v) is 4.43. The summed E-state index contributed by atoms with van der Waals surface area (Å²) < 4.78 is 22.2. The van der Waals surface area contributed by atoms with E-state index in [4.69, 9.17) is 5.14 Å². The molecule has 2 rings (SSSR count). The van der Waals surface area contributed by atoms with Gasteiger partial charge in [-0.05, 0) is 43.0 Å². The van der Waals surface area contributed by atoms with Gasteiger partial charge in [-0.15, -0.1) is 0 Å². The van der Waals surface area contributed by atoms with E-state index in [9.17, 15) is 8.42 Å². The van der Waals surface area contributed by atoms with Gasteiger partial charge in [0.2, 0.25) is 10.0 Å². The quantitative estimate of drug-likeness (QED) is 0.880. The average molecular weight is 268 g/mol. The molecule has 0 aliphatic heterocycles. The van der Waals surface area contributed by atoms with Crippen molar-refractivity contribution in [2.24, 2.45) is 11.1 Å². The van der Waals surface area contributed by atoms with Crippen LogP contribution >= 0.6 is 0 Å². The van der Waals surface area contributed by atoms with Crippen molar-refractivity contribution in [3.63, 3.8) is 0 Å². The standard InChI is InChI=1S/C13H20N2O2S/c14-18(16,17)13-8-6-12(7-9-13)15-10-11-4-2-1-3-5-11/h6-9,11,15H,1-5,10H2,(H2,14,16,17).